The summed E-state index contributed by atoms with van der Waals surface area (Å²) in [7, 11) is 1.35. The Bertz CT molecular complexity index is 1200. The first-order valence-electron chi connectivity index (χ1n) is 11.5. The van der Waals surface area contributed by atoms with E-state index in [1.54, 1.807) is 18.5 Å². The normalized spacial score (nSPS) is 25.1. The number of carboxylic acid groups (broad SMARTS) is 1. The molecule has 1 aromatic carbocycles. The van der Waals surface area contributed by atoms with Crippen molar-refractivity contribution < 1.29 is 42.4 Å². The minimum atomic E-state index is -1.67. The monoisotopic (exact) mass is 634 g/mol. The van der Waals surface area contributed by atoms with Crippen molar-refractivity contribution in [3.63, 3.8) is 0 Å². The van der Waals surface area contributed by atoms with Crippen LogP contribution < -0.4 is 5.32 Å². The van der Waals surface area contributed by atoms with Crippen LogP contribution in [0, 0.1) is 23.0 Å². The van der Waals surface area contributed by atoms with E-state index in [1.165, 1.54) is 21.0 Å². The predicted molar refractivity (Wildman–Crippen MR) is 137 cm³/mol. The summed E-state index contributed by atoms with van der Waals surface area (Å²) in [5.41, 5.74) is 6.09. The molecule has 2 heterocycles. The van der Waals surface area contributed by atoms with E-state index in [1.807, 2.05) is 0 Å². The fourth-order valence-electron chi connectivity index (χ4n) is 3.92. The van der Waals surface area contributed by atoms with E-state index in [9.17, 15) is 28.2 Å². The Balaban J connectivity index is 2.05. The standard InChI is InChI=1S/C24H26BrF3N4O6S/c1-10(33)20-21(36-3)19(31-9-17(32-29)12-4-15(26)18(28)16(27)5-12)22(37-11(2)23(34)35)24(38-20)39-14-6-13(25)7-30-8-14/h4-11,19-22,24,29,31,33H,1-3H3,(H,34,35)/b17-9-,32-29?/t10?,11?,19?,20?,21-,22?,24-/m1/s1. The summed E-state index contributed by atoms with van der Waals surface area (Å²) in [5, 5.41) is 26.2. The van der Waals surface area contributed by atoms with E-state index in [-0.39, 0.29) is 11.3 Å². The molecule has 0 spiro atoms. The van der Waals surface area contributed by atoms with Gasteiger partial charge in [0.1, 0.15) is 29.4 Å². The zero-order valence-corrected chi connectivity index (χ0v) is 23.3. The fraction of sp³-hybridized carbons (Fsp3) is 0.417. The molecule has 3 rings (SSSR count). The van der Waals surface area contributed by atoms with E-state index >= 15 is 0 Å². The number of pyridine rings is 1. The van der Waals surface area contributed by atoms with Crippen molar-refractivity contribution in [2.45, 2.75) is 60.7 Å². The molecule has 4 N–H and O–H groups in total. The van der Waals surface area contributed by atoms with Crippen molar-refractivity contribution in [1.82, 2.24) is 10.3 Å². The zero-order chi connectivity index (χ0) is 28.9. The van der Waals surface area contributed by atoms with Gasteiger partial charge in [0, 0.05) is 40.6 Å². The van der Waals surface area contributed by atoms with Crippen LogP contribution in [0.5, 0.6) is 0 Å². The van der Waals surface area contributed by atoms with Crippen molar-refractivity contribution in [1.29, 1.82) is 5.53 Å². The number of ether oxygens (including phenoxy) is 3. The molecular weight excluding hydrogens is 609 g/mol. The summed E-state index contributed by atoms with van der Waals surface area (Å²) in [6, 6.07) is 2.18. The molecule has 1 fully saturated rings. The van der Waals surface area contributed by atoms with Crippen LogP contribution in [-0.4, -0.2) is 70.3 Å². The third-order valence-corrected chi connectivity index (χ3v) is 7.33. The third kappa shape index (κ3) is 7.55. The van der Waals surface area contributed by atoms with Gasteiger partial charge in [-0.1, -0.05) is 11.8 Å². The van der Waals surface area contributed by atoms with E-state index in [0.29, 0.717) is 21.5 Å². The van der Waals surface area contributed by atoms with Crippen LogP contribution >= 0.6 is 27.7 Å². The molecule has 39 heavy (non-hydrogen) atoms. The second kappa shape index (κ2) is 13.7. The molecule has 0 amide bonds. The Hall–Kier alpha value is -2.56. The fourth-order valence-corrected chi connectivity index (χ4v) is 5.57. The molecule has 0 bridgehead atoms. The molecule has 1 saturated heterocycles. The van der Waals surface area contributed by atoms with Crippen LogP contribution in [0.15, 0.2) is 51.3 Å². The average molecular weight is 635 g/mol. The Morgan fingerprint density at radius 3 is 2.46 bits per heavy atom. The predicted octanol–water partition coefficient (Wildman–Crippen LogP) is 4.32. The Kier molecular flexibility index (Phi) is 10.9. The van der Waals surface area contributed by atoms with E-state index < -0.39 is 65.4 Å². The lowest BCUT2D eigenvalue weighted by Crippen LogP contribution is -2.65. The van der Waals surface area contributed by atoms with Gasteiger partial charge in [0.2, 0.25) is 0 Å². The first-order chi connectivity index (χ1) is 18.5. The summed E-state index contributed by atoms with van der Waals surface area (Å²) in [5.74, 6) is -5.85. The van der Waals surface area contributed by atoms with Gasteiger partial charge in [-0.05, 0) is 48.0 Å². The number of aliphatic hydroxyl groups is 1. The molecule has 1 aliphatic heterocycles. The number of rotatable bonds is 11. The number of benzene rings is 1. The number of thioether (sulfide) groups is 1. The van der Waals surface area contributed by atoms with Gasteiger partial charge in [-0.3, -0.25) is 4.98 Å². The second-order valence-electron chi connectivity index (χ2n) is 8.54. The van der Waals surface area contributed by atoms with Gasteiger partial charge < -0.3 is 29.7 Å². The molecule has 0 aliphatic carbocycles. The maximum atomic E-state index is 13.8. The molecule has 0 saturated carbocycles. The maximum Gasteiger partial charge on any atom is 0.332 e. The van der Waals surface area contributed by atoms with Crippen LogP contribution in [0.25, 0.3) is 5.70 Å². The SMILES string of the molecule is CO[C@@H]1C(N/C=C(\N=N)c2cc(F)c(F)c(F)c2)C(OC(C)C(=O)O)[C@@H](Sc2cncc(Br)c2)OC1C(C)O. The van der Waals surface area contributed by atoms with Crippen molar-refractivity contribution in [3.05, 3.63) is 64.3 Å². The molecule has 5 unspecified atom stereocenters. The number of hydrogen-bond acceptors (Lipinski definition) is 10. The number of hydrogen-bond donors (Lipinski definition) is 4. The number of nitrogens with zero attached hydrogens (tertiary/aromatic N) is 2. The summed E-state index contributed by atoms with van der Waals surface area (Å²) < 4.78 is 59.5. The first-order valence-corrected chi connectivity index (χ1v) is 13.1. The van der Waals surface area contributed by atoms with Crippen LogP contribution in [0.2, 0.25) is 0 Å². The molecular formula is C24H26BrF3N4O6S. The summed E-state index contributed by atoms with van der Waals surface area (Å²) in [4.78, 5) is 16.4. The van der Waals surface area contributed by atoms with Crippen molar-refractivity contribution in [2.75, 3.05) is 7.11 Å². The number of halogens is 4. The number of carbonyl (C=O) groups is 1. The molecule has 10 nitrogen and oxygen atoms in total. The quantitative estimate of drug-likeness (QED) is 0.210. The average Bonchev–Trinajstić information content (AvgIpc) is 2.88. The number of aliphatic carboxylic acids is 1. The van der Waals surface area contributed by atoms with E-state index in [0.717, 1.165) is 18.0 Å². The van der Waals surface area contributed by atoms with Gasteiger partial charge in [0.05, 0.1) is 12.1 Å². The molecule has 2 aromatic rings. The molecule has 0 radical (unpaired) electrons. The van der Waals surface area contributed by atoms with Gasteiger partial charge >= 0.3 is 5.97 Å². The summed E-state index contributed by atoms with van der Waals surface area (Å²) >= 11 is 4.50. The van der Waals surface area contributed by atoms with E-state index in [2.05, 4.69) is 31.3 Å². The third-order valence-electron chi connectivity index (χ3n) is 5.79. The molecule has 1 aliphatic rings. The first kappa shape index (κ1) is 31.0. The van der Waals surface area contributed by atoms with Gasteiger partial charge in [0.25, 0.3) is 0 Å². The molecule has 1 aromatic heterocycles. The number of methoxy groups -OCH3 is 1. The lowest BCUT2D eigenvalue weighted by atomic mass is 9.93. The summed E-state index contributed by atoms with van der Waals surface area (Å²) in [6.07, 6.45) is -0.979. The Labute approximate surface area is 234 Å². The maximum absolute atomic E-state index is 13.8. The van der Waals surface area contributed by atoms with Gasteiger partial charge in [-0.25, -0.2) is 23.5 Å². The second-order valence-corrected chi connectivity index (χ2v) is 10.6. The highest BCUT2D eigenvalue weighted by atomic mass is 79.9. The topological polar surface area (TPSA) is 146 Å². The molecule has 7 atom stereocenters. The smallest absolute Gasteiger partial charge is 0.332 e. The molecule has 15 heteroatoms. The Morgan fingerprint density at radius 1 is 1.26 bits per heavy atom. The van der Waals surface area contributed by atoms with Gasteiger partial charge in [0.15, 0.2) is 23.6 Å². The van der Waals surface area contributed by atoms with Crippen LogP contribution in [0.3, 0.4) is 0 Å². The lowest BCUT2D eigenvalue weighted by Gasteiger charge is -2.47. The number of nitrogens with one attached hydrogen (secondary N) is 2. The summed E-state index contributed by atoms with van der Waals surface area (Å²) in [6.45, 7) is 2.82. The van der Waals surface area contributed by atoms with Crippen LogP contribution in [0.4, 0.5) is 13.2 Å². The zero-order valence-electron chi connectivity index (χ0n) is 20.8. The van der Waals surface area contributed by atoms with Crippen molar-refractivity contribution in [2.24, 2.45) is 5.11 Å². The van der Waals surface area contributed by atoms with Crippen molar-refractivity contribution in [3.8, 4) is 0 Å². The highest BCUT2D eigenvalue weighted by Gasteiger charge is 2.49. The van der Waals surface area contributed by atoms with Gasteiger partial charge in [-0.2, -0.15) is 5.11 Å². The van der Waals surface area contributed by atoms with Crippen LogP contribution in [0.1, 0.15) is 19.4 Å². The number of aromatic nitrogens is 1. The highest BCUT2D eigenvalue weighted by molar-refractivity contribution is 9.10. The van der Waals surface area contributed by atoms with Gasteiger partial charge in [-0.15, -0.1) is 0 Å². The Morgan fingerprint density at radius 2 is 1.92 bits per heavy atom. The minimum absolute atomic E-state index is 0.232. The lowest BCUT2D eigenvalue weighted by molar-refractivity contribution is -0.212. The highest BCUT2D eigenvalue weighted by Crippen LogP contribution is 2.38. The number of aliphatic hydroxyl groups excluding tert-OH is 1. The van der Waals surface area contributed by atoms with E-state index in [4.69, 9.17) is 19.7 Å². The van der Waals surface area contributed by atoms with Crippen LogP contribution in [-0.2, 0) is 19.0 Å². The van der Waals surface area contributed by atoms with Crippen molar-refractivity contribution >= 4 is 39.4 Å². The number of carboxylic acids is 1. The minimum Gasteiger partial charge on any atom is -0.479 e. The largest absolute Gasteiger partial charge is 0.479 e. The molecule has 212 valence electrons.